The van der Waals surface area contributed by atoms with Crippen molar-refractivity contribution in [3.8, 4) is 16.9 Å². The summed E-state index contributed by atoms with van der Waals surface area (Å²) in [6.45, 7) is 0.848. The number of nitrogens with two attached hydrogens (primary N) is 1. The standard InChI is InChI=1S/C23H22N2O5/c24-23(28)16-8-10-25(11-9-16)21(26)14-29-17-6-7-18-19(15-4-2-1-3-5-15)13-22(27)30-20(18)12-17/h1-7,12-13,16H,8-11,14H2,(H2,24,28). The minimum atomic E-state index is -0.452. The van der Waals surface area contributed by atoms with E-state index in [0.717, 1.165) is 16.5 Å². The molecule has 2 heterocycles. The van der Waals surface area contributed by atoms with Gasteiger partial charge in [0.2, 0.25) is 5.91 Å². The van der Waals surface area contributed by atoms with Crippen LogP contribution in [0.5, 0.6) is 5.75 Å². The van der Waals surface area contributed by atoms with Gasteiger partial charge in [0.15, 0.2) is 6.61 Å². The van der Waals surface area contributed by atoms with Crippen LogP contribution in [0.1, 0.15) is 12.8 Å². The van der Waals surface area contributed by atoms with Crippen molar-refractivity contribution >= 4 is 22.8 Å². The number of benzene rings is 2. The van der Waals surface area contributed by atoms with E-state index in [1.54, 1.807) is 17.0 Å². The van der Waals surface area contributed by atoms with E-state index in [-0.39, 0.29) is 24.3 Å². The summed E-state index contributed by atoms with van der Waals surface area (Å²) in [6, 6.07) is 16.2. The molecule has 2 aromatic carbocycles. The molecular weight excluding hydrogens is 384 g/mol. The third-order valence-corrected chi connectivity index (χ3v) is 5.41. The molecule has 0 radical (unpaired) electrons. The highest BCUT2D eigenvalue weighted by molar-refractivity contribution is 5.93. The summed E-state index contributed by atoms with van der Waals surface area (Å²) in [5, 5.41) is 0.785. The van der Waals surface area contributed by atoms with E-state index >= 15 is 0 Å². The molecule has 1 aromatic heterocycles. The third kappa shape index (κ3) is 4.20. The highest BCUT2D eigenvalue weighted by Gasteiger charge is 2.26. The molecule has 3 aromatic rings. The van der Waals surface area contributed by atoms with Crippen LogP contribution < -0.4 is 16.1 Å². The van der Waals surface area contributed by atoms with E-state index in [1.807, 2.05) is 36.4 Å². The predicted octanol–water partition coefficient (Wildman–Crippen LogP) is 2.56. The largest absolute Gasteiger partial charge is 0.484 e. The fourth-order valence-corrected chi connectivity index (χ4v) is 3.74. The Morgan fingerprint density at radius 3 is 2.50 bits per heavy atom. The van der Waals surface area contributed by atoms with Gasteiger partial charge in [-0.15, -0.1) is 0 Å². The van der Waals surface area contributed by atoms with E-state index < -0.39 is 5.63 Å². The number of carbonyl (C=O) groups is 2. The Labute approximate surface area is 173 Å². The molecule has 0 unspecified atom stereocenters. The second-order valence-electron chi connectivity index (χ2n) is 7.35. The van der Waals surface area contributed by atoms with Crippen LogP contribution in [0, 0.1) is 5.92 Å². The van der Waals surface area contributed by atoms with E-state index in [2.05, 4.69) is 0 Å². The Morgan fingerprint density at radius 2 is 1.80 bits per heavy atom. The second kappa shape index (κ2) is 8.41. The second-order valence-corrected chi connectivity index (χ2v) is 7.35. The molecule has 2 amide bonds. The zero-order valence-electron chi connectivity index (χ0n) is 16.4. The number of likely N-dealkylation sites (tertiary alicyclic amines) is 1. The molecule has 1 aliphatic rings. The zero-order chi connectivity index (χ0) is 21.1. The summed E-state index contributed by atoms with van der Waals surface area (Å²) in [4.78, 5) is 37.4. The normalized spacial score (nSPS) is 14.6. The van der Waals surface area contributed by atoms with Gasteiger partial charge in [-0.1, -0.05) is 30.3 Å². The molecule has 7 nitrogen and oxygen atoms in total. The number of nitrogens with zero attached hydrogens (tertiary/aromatic N) is 1. The van der Waals surface area contributed by atoms with Crippen LogP contribution in [-0.2, 0) is 9.59 Å². The molecule has 0 aliphatic carbocycles. The number of hydrogen-bond donors (Lipinski definition) is 1. The van der Waals surface area contributed by atoms with Crippen molar-refractivity contribution in [2.24, 2.45) is 11.7 Å². The van der Waals surface area contributed by atoms with Gasteiger partial charge >= 0.3 is 5.63 Å². The lowest BCUT2D eigenvalue weighted by Gasteiger charge is -2.30. The molecule has 1 fully saturated rings. The SMILES string of the molecule is NC(=O)C1CCN(C(=O)COc2ccc3c(-c4ccccc4)cc(=O)oc3c2)CC1. The Hall–Kier alpha value is -3.61. The molecule has 0 atom stereocenters. The number of primary amides is 1. The molecule has 0 spiro atoms. The molecule has 30 heavy (non-hydrogen) atoms. The minimum absolute atomic E-state index is 0.130. The van der Waals surface area contributed by atoms with Gasteiger partial charge in [0.05, 0.1) is 0 Å². The van der Waals surface area contributed by atoms with Crippen molar-refractivity contribution < 1.29 is 18.7 Å². The van der Waals surface area contributed by atoms with Gasteiger partial charge in [0.1, 0.15) is 11.3 Å². The molecule has 1 aliphatic heterocycles. The summed E-state index contributed by atoms with van der Waals surface area (Å²) in [5.41, 5.74) is 6.97. The van der Waals surface area contributed by atoms with Crippen molar-refractivity contribution in [3.63, 3.8) is 0 Å². The van der Waals surface area contributed by atoms with E-state index in [9.17, 15) is 14.4 Å². The van der Waals surface area contributed by atoms with Crippen molar-refractivity contribution in [2.75, 3.05) is 19.7 Å². The molecule has 7 heteroatoms. The molecule has 0 saturated carbocycles. The molecule has 1 saturated heterocycles. The van der Waals surface area contributed by atoms with Crippen LogP contribution in [0.2, 0.25) is 0 Å². The summed E-state index contributed by atoms with van der Waals surface area (Å²) < 4.78 is 11.0. The zero-order valence-corrected chi connectivity index (χ0v) is 16.4. The fourth-order valence-electron chi connectivity index (χ4n) is 3.74. The number of ether oxygens (including phenoxy) is 1. The first-order chi connectivity index (χ1) is 14.5. The topological polar surface area (TPSA) is 103 Å². The van der Waals surface area contributed by atoms with Crippen LogP contribution >= 0.6 is 0 Å². The number of hydrogen-bond acceptors (Lipinski definition) is 5. The highest BCUT2D eigenvalue weighted by Crippen LogP contribution is 2.29. The number of rotatable bonds is 5. The van der Waals surface area contributed by atoms with Crippen LogP contribution in [0.15, 0.2) is 63.8 Å². The monoisotopic (exact) mass is 406 g/mol. The summed E-state index contributed by atoms with van der Waals surface area (Å²) in [5.74, 6) is -0.197. The van der Waals surface area contributed by atoms with Crippen LogP contribution in [0.3, 0.4) is 0 Å². The lowest BCUT2D eigenvalue weighted by atomic mass is 9.96. The van der Waals surface area contributed by atoms with E-state index in [1.165, 1.54) is 6.07 Å². The molecule has 0 bridgehead atoms. The van der Waals surface area contributed by atoms with Crippen molar-refractivity contribution in [1.29, 1.82) is 0 Å². The average molecular weight is 406 g/mol. The first-order valence-corrected chi connectivity index (χ1v) is 9.84. The molecule has 2 N–H and O–H groups in total. The molecule has 4 rings (SSSR count). The van der Waals surface area contributed by atoms with E-state index in [0.29, 0.717) is 37.3 Å². The maximum Gasteiger partial charge on any atom is 0.336 e. The van der Waals surface area contributed by atoms with Crippen molar-refractivity contribution in [3.05, 3.63) is 65.0 Å². The lowest BCUT2D eigenvalue weighted by Crippen LogP contribution is -2.43. The van der Waals surface area contributed by atoms with Gasteiger partial charge < -0.3 is 19.8 Å². The maximum absolute atomic E-state index is 12.4. The predicted molar refractivity (Wildman–Crippen MR) is 112 cm³/mol. The van der Waals surface area contributed by atoms with Gasteiger partial charge in [-0.2, -0.15) is 0 Å². The number of amides is 2. The quantitative estimate of drug-likeness (QED) is 0.656. The van der Waals surface area contributed by atoms with E-state index in [4.69, 9.17) is 14.9 Å². The van der Waals surface area contributed by atoms with Crippen molar-refractivity contribution in [2.45, 2.75) is 12.8 Å². The number of fused-ring (bicyclic) bond motifs is 1. The highest BCUT2D eigenvalue weighted by atomic mass is 16.5. The minimum Gasteiger partial charge on any atom is -0.484 e. The summed E-state index contributed by atoms with van der Waals surface area (Å²) in [7, 11) is 0. The lowest BCUT2D eigenvalue weighted by molar-refractivity contribution is -0.136. The summed E-state index contributed by atoms with van der Waals surface area (Å²) >= 11 is 0. The number of piperidine rings is 1. The third-order valence-electron chi connectivity index (χ3n) is 5.41. The summed E-state index contributed by atoms with van der Waals surface area (Å²) in [6.07, 6.45) is 1.15. The van der Waals surface area contributed by atoms with Gasteiger partial charge in [0, 0.05) is 36.5 Å². The van der Waals surface area contributed by atoms with Crippen LogP contribution in [-0.4, -0.2) is 36.4 Å². The van der Waals surface area contributed by atoms with Crippen LogP contribution in [0.25, 0.3) is 22.1 Å². The van der Waals surface area contributed by atoms with Crippen molar-refractivity contribution in [1.82, 2.24) is 4.90 Å². The first kappa shape index (κ1) is 19.7. The maximum atomic E-state index is 12.4. The van der Waals surface area contributed by atoms with Gasteiger partial charge in [0.25, 0.3) is 5.91 Å². The smallest absolute Gasteiger partial charge is 0.336 e. The first-order valence-electron chi connectivity index (χ1n) is 9.84. The Bertz CT molecular complexity index is 1130. The fraction of sp³-hybridized carbons (Fsp3) is 0.261. The number of carbonyl (C=O) groups excluding carboxylic acids is 2. The Balaban J connectivity index is 1.47. The van der Waals surface area contributed by atoms with Gasteiger partial charge in [-0.05, 0) is 36.1 Å². The average Bonchev–Trinajstić information content (AvgIpc) is 2.77. The molecular formula is C23H22N2O5. The van der Waals surface area contributed by atoms with Gasteiger partial charge in [-0.3, -0.25) is 9.59 Å². The van der Waals surface area contributed by atoms with Crippen LogP contribution in [0.4, 0.5) is 0 Å². The Morgan fingerprint density at radius 1 is 1.07 bits per heavy atom. The molecule has 154 valence electrons. The Kier molecular flexibility index (Phi) is 5.52. The van der Waals surface area contributed by atoms with Gasteiger partial charge in [-0.25, -0.2) is 4.79 Å².